The van der Waals surface area contributed by atoms with E-state index in [1.807, 2.05) is 36.0 Å². The maximum atomic E-state index is 11.2. The van der Waals surface area contributed by atoms with Crippen LogP contribution in [0.3, 0.4) is 0 Å². The van der Waals surface area contributed by atoms with Crippen molar-refractivity contribution in [1.82, 2.24) is 9.55 Å². The first-order valence-electron chi connectivity index (χ1n) is 7.13. The molecule has 1 aromatic heterocycles. The smallest absolute Gasteiger partial charge is 0.221 e. The topological polar surface area (TPSA) is 83.0 Å². The Kier molecular flexibility index (Phi) is 4.88. The third-order valence-corrected chi connectivity index (χ3v) is 2.91. The van der Waals surface area contributed by atoms with Crippen LogP contribution in [0.1, 0.15) is 20.8 Å². The van der Waals surface area contributed by atoms with E-state index in [1.54, 1.807) is 6.20 Å². The molecule has 4 N–H and O–H groups in total. The van der Waals surface area contributed by atoms with Crippen molar-refractivity contribution in [1.29, 1.82) is 0 Å². The van der Waals surface area contributed by atoms with E-state index in [2.05, 4.69) is 40.3 Å². The number of benzene rings is 1. The predicted molar refractivity (Wildman–Crippen MR) is 90.0 cm³/mol. The summed E-state index contributed by atoms with van der Waals surface area (Å²) in [5, 5.41) is 6.13. The molecule has 0 aliphatic carbocycles. The van der Waals surface area contributed by atoms with Crippen molar-refractivity contribution in [2.45, 2.75) is 26.8 Å². The minimum absolute atomic E-state index is 0.104. The van der Waals surface area contributed by atoms with Gasteiger partial charge in [-0.1, -0.05) is 0 Å². The number of aromatic nitrogens is 2. The summed E-state index contributed by atoms with van der Waals surface area (Å²) in [7, 11) is 1.90. The summed E-state index contributed by atoms with van der Waals surface area (Å²) < 4.78 is 1.86. The summed E-state index contributed by atoms with van der Waals surface area (Å²) in [6.45, 7) is 5.62. The summed E-state index contributed by atoms with van der Waals surface area (Å²) in [6, 6.07) is 5.94. The fourth-order valence-corrected chi connectivity index (χ4v) is 1.97. The number of hydrazine groups is 1. The van der Waals surface area contributed by atoms with Crippen LogP contribution in [0, 0.1) is 0 Å². The van der Waals surface area contributed by atoms with Gasteiger partial charge in [-0.25, -0.2) is 4.98 Å². The van der Waals surface area contributed by atoms with Crippen molar-refractivity contribution in [2.75, 3.05) is 21.5 Å². The number of carbonyl (C=O) groups is 1. The molecule has 0 aliphatic heterocycles. The zero-order chi connectivity index (χ0) is 16.1. The molecule has 2 rings (SSSR count). The highest BCUT2D eigenvalue weighted by molar-refractivity contribution is 5.90. The van der Waals surface area contributed by atoms with Crippen molar-refractivity contribution < 1.29 is 4.79 Å². The van der Waals surface area contributed by atoms with Crippen LogP contribution in [-0.2, 0) is 11.8 Å². The van der Waals surface area contributed by atoms with Gasteiger partial charge >= 0.3 is 0 Å². The molecule has 0 radical (unpaired) electrons. The molecule has 22 heavy (non-hydrogen) atoms. The van der Waals surface area contributed by atoms with E-state index >= 15 is 0 Å². The van der Waals surface area contributed by atoms with Crippen LogP contribution in [0.2, 0.25) is 0 Å². The summed E-state index contributed by atoms with van der Waals surface area (Å²) in [5.41, 5.74) is 8.67. The van der Waals surface area contributed by atoms with Crippen molar-refractivity contribution in [2.24, 2.45) is 7.05 Å². The minimum Gasteiger partial charge on any atom is -0.381 e. The molecule has 1 amide bonds. The molecular weight excluding hydrogens is 280 g/mol. The van der Waals surface area contributed by atoms with Crippen LogP contribution >= 0.6 is 0 Å². The monoisotopic (exact) mass is 302 g/mol. The second kappa shape index (κ2) is 6.84. The maximum Gasteiger partial charge on any atom is 0.221 e. The second-order valence-electron chi connectivity index (χ2n) is 5.35. The molecule has 0 saturated heterocycles. The van der Waals surface area contributed by atoms with Gasteiger partial charge in [-0.2, -0.15) is 0 Å². The number of aryl methyl sites for hydroxylation is 1. The standard InChI is InChI=1S/C15H22N6O/c1-10(2)17-13-6-5-12(18-11(3)22)9-14(13)19-20-15-16-7-8-21(15)4/h5-10,17,19H,1-4H3,(H,16,20)(H,18,22). The number of rotatable bonds is 6. The molecule has 0 spiro atoms. The van der Waals surface area contributed by atoms with E-state index in [1.165, 1.54) is 6.92 Å². The molecule has 1 heterocycles. The number of amides is 1. The molecule has 1 aromatic carbocycles. The molecule has 0 unspecified atom stereocenters. The molecule has 2 aromatic rings. The Balaban J connectivity index is 2.20. The van der Waals surface area contributed by atoms with E-state index in [4.69, 9.17) is 0 Å². The van der Waals surface area contributed by atoms with Crippen molar-refractivity contribution in [3.63, 3.8) is 0 Å². The molecule has 0 saturated carbocycles. The maximum absolute atomic E-state index is 11.2. The van der Waals surface area contributed by atoms with Crippen LogP contribution in [0.25, 0.3) is 0 Å². The summed E-state index contributed by atoms with van der Waals surface area (Å²) in [4.78, 5) is 15.4. The third kappa shape index (κ3) is 4.15. The van der Waals surface area contributed by atoms with Gasteiger partial charge in [-0.05, 0) is 32.0 Å². The molecule has 7 heteroatoms. The lowest BCUT2D eigenvalue weighted by molar-refractivity contribution is -0.114. The fraction of sp³-hybridized carbons (Fsp3) is 0.333. The SMILES string of the molecule is CC(=O)Nc1ccc(NC(C)C)c(NNc2nccn2C)c1. The highest BCUT2D eigenvalue weighted by Gasteiger charge is 2.07. The first kappa shape index (κ1) is 15.7. The lowest BCUT2D eigenvalue weighted by atomic mass is 10.2. The Labute approximate surface area is 130 Å². The number of imidazole rings is 1. The van der Waals surface area contributed by atoms with Crippen molar-refractivity contribution in [3.8, 4) is 0 Å². The lowest BCUT2D eigenvalue weighted by Gasteiger charge is -2.18. The Morgan fingerprint density at radius 3 is 2.59 bits per heavy atom. The number of hydrogen-bond donors (Lipinski definition) is 4. The van der Waals surface area contributed by atoms with Crippen LogP contribution < -0.4 is 21.5 Å². The van der Waals surface area contributed by atoms with Crippen LogP contribution in [0.4, 0.5) is 23.0 Å². The molecular formula is C15H22N6O. The zero-order valence-corrected chi connectivity index (χ0v) is 13.3. The second-order valence-corrected chi connectivity index (χ2v) is 5.35. The Morgan fingerprint density at radius 1 is 1.23 bits per heavy atom. The lowest BCUT2D eigenvalue weighted by Crippen LogP contribution is -2.17. The average molecular weight is 302 g/mol. The summed E-state index contributed by atoms with van der Waals surface area (Å²) in [6.07, 6.45) is 3.57. The Bertz CT molecular complexity index is 649. The van der Waals surface area contributed by atoms with Crippen LogP contribution in [0.15, 0.2) is 30.6 Å². The molecule has 0 fully saturated rings. The average Bonchev–Trinajstić information content (AvgIpc) is 2.83. The van der Waals surface area contributed by atoms with E-state index < -0.39 is 0 Å². The van der Waals surface area contributed by atoms with Gasteiger partial charge in [-0.15, -0.1) is 0 Å². The van der Waals surface area contributed by atoms with E-state index in [-0.39, 0.29) is 5.91 Å². The number of nitrogens with zero attached hydrogens (tertiary/aromatic N) is 2. The zero-order valence-electron chi connectivity index (χ0n) is 13.3. The highest BCUT2D eigenvalue weighted by atomic mass is 16.1. The molecule has 0 atom stereocenters. The minimum atomic E-state index is -0.104. The highest BCUT2D eigenvalue weighted by Crippen LogP contribution is 2.26. The van der Waals surface area contributed by atoms with Gasteiger partial charge < -0.3 is 15.2 Å². The largest absolute Gasteiger partial charge is 0.381 e. The fourth-order valence-electron chi connectivity index (χ4n) is 1.97. The number of hydrogen-bond acceptors (Lipinski definition) is 5. The Hall–Kier alpha value is -2.70. The number of nitrogens with one attached hydrogen (secondary N) is 4. The first-order valence-corrected chi connectivity index (χ1v) is 7.13. The van der Waals surface area contributed by atoms with Gasteiger partial charge in [-0.3, -0.25) is 15.6 Å². The van der Waals surface area contributed by atoms with Crippen molar-refractivity contribution in [3.05, 3.63) is 30.6 Å². The third-order valence-electron chi connectivity index (χ3n) is 2.91. The summed E-state index contributed by atoms with van der Waals surface area (Å²) in [5.74, 6) is 0.591. The van der Waals surface area contributed by atoms with Crippen LogP contribution in [-0.4, -0.2) is 21.5 Å². The molecule has 7 nitrogen and oxygen atoms in total. The quantitative estimate of drug-likeness (QED) is 0.617. The van der Waals surface area contributed by atoms with Gasteiger partial charge in [0, 0.05) is 38.1 Å². The van der Waals surface area contributed by atoms with Gasteiger partial charge in [0.05, 0.1) is 11.4 Å². The summed E-state index contributed by atoms with van der Waals surface area (Å²) >= 11 is 0. The molecule has 0 bridgehead atoms. The van der Waals surface area contributed by atoms with Crippen molar-refractivity contribution >= 4 is 28.9 Å². The van der Waals surface area contributed by atoms with E-state index in [9.17, 15) is 4.79 Å². The number of carbonyl (C=O) groups excluding carboxylic acids is 1. The molecule has 118 valence electrons. The van der Waals surface area contributed by atoms with E-state index in [0.29, 0.717) is 12.0 Å². The van der Waals surface area contributed by atoms with Gasteiger partial charge in [0.15, 0.2) is 0 Å². The predicted octanol–water partition coefficient (Wildman–Crippen LogP) is 2.64. The van der Waals surface area contributed by atoms with Gasteiger partial charge in [0.2, 0.25) is 11.9 Å². The number of anilines is 4. The first-order chi connectivity index (χ1) is 10.5. The van der Waals surface area contributed by atoms with Crippen LogP contribution in [0.5, 0.6) is 0 Å². The van der Waals surface area contributed by atoms with Gasteiger partial charge in [0.1, 0.15) is 0 Å². The molecule has 0 aliphatic rings. The normalized spacial score (nSPS) is 10.4. The van der Waals surface area contributed by atoms with Gasteiger partial charge in [0.25, 0.3) is 0 Å². The Morgan fingerprint density at radius 2 is 2.00 bits per heavy atom. The van der Waals surface area contributed by atoms with E-state index in [0.717, 1.165) is 17.1 Å².